The molecule has 1 N–H and O–H groups in total. The number of hydrogen-bond donors (Lipinski definition) is 1. The zero-order valence-electron chi connectivity index (χ0n) is 16.8. The van der Waals surface area contributed by atoms with Gasteiger partial charge in [-0.25, -0.2) is 9.78 Å². The number of halogens is 1. The minimum absolute atomic E-state index is 0.135. The van der Waals surface area contributed by atoms with Gasteiger partial charge in [0, 0.05) is 34.1 Å². The number of benzene rings is 2. The molecule has 2 aromatic carbocycles. The van der Waals surface area contributed by atoms with Crippen LogP contribution in [0, 0.1) is 0 Å². The molecule has 0 bridgehead atoms. The normalized spacial score (nSPS) is 10.8. The quantitative estimate of drug-likeness (QED) is 0.473. The van der Waals surface area contributed by atoms with Crippen molar-refractivity contribution in [3.63, 3.8) is 0 Å². The Morgan fingerprint density at radius 3 is 2.68 bits per heavy atom. The molecule has 0 fully saturated rings. The Kier molecular flexibility index (Phi) is 5.68. The van der Waals surface area contributed by atoms with E-state index in [2.05, 4.69) is 15.3 Å². The van der Waals surface area contributed by atoms with Gasteiger partial charge in [-0.1, -0.05) is 17.7 Å². The molecule has 0 atom stereocenters. The molecule has 8 heteroatoms. The van der Waals surface area contributed by atoms with Gasteiger partial charge in [-0.05, 0) is 48.0 Å². The van der Waals surface area contributed by atoms with Gasteiger partial charge >= 0.3 is 5.97 Å². The van der Waals surface area contributed by atoms with Crippen molar-refractivity contribution >= 4 is 45.3 Å². The van der Waals surface area contributed by atoms with Gasteiger partial charge in [0.2, 0.25) is 5.88 Å². The van der Waals surface area contributed by atoms with Crippen LogP contribution in [0.1, 0.15) is 26.3 Å². The van der Waals surface area contributed by atoms with Crippen LogP contribution in [0.4, 0.5) is 0 Å². The first-order chi connectivity index (χ1) is 15.0. The van der Waals surface area contributed by atoms with E-state index in [0.717, 1.165) is 10.9 Å². The van der Waals surface area contributed by atoms with Crippen LogP contribution < -0.4 is 10.1 Å². The molecule has 0 saturated carbocycles. The largest absolute Gasteiger partial charge is 0.480 e. The number of hydrogen-bond acceptors (Lipinski definition) is 6. The van der Waals surface area contributed by atoms with Crippen molar-refractivity contribution in [1.82, 2.24) is 15.3 Å². The Bertz CT molecular complexity index is 1320. The van der Waals surface area contributed by atoms with E-state index in [1.807, 2.05) is 12.1 Å². The molecule has 0 spiro atoms. The zero-order valence-corrected chi connectivity index (χ0v) is 17.6. The molecule has 0 aliphatic carbocycles. The van der Waals surface area contributed by atoms with Crippen LogP contribution in [-0.2, 0) is 11.3 Å². The van der Waals surface area contributed by atoms with Gasteiger partial charge < -0.3 is 14.8 Å². The highest BCUT2D eigenvalue weighted by molar-refractivity contribution is 6.31. The molecule has 4 rings (SSSR count). The molecule has 7 nitrogen and oxygen atoms in total. The van der Waals surface area contributed by atoms with Crippen LogP contribution in [0.25, 0.3) is 21.8 Å². The molecule has 0 saturated heterocycles. The van der Waals surface area contributed by atoms with Gasteiger partial charge in [-0.3, -0.25) is 9.78 Å². The van der Waals surface area contributed by atoms with Crippen molar-refractivity contribution in [2.75, 3.05) is 14.2 Å². The number of esters is 1. The van der Waals surface area contributed by atoms with E-state index in [9.17, 15) is 9.59 Å². The fourth-order valence-corrected chi connectivity index (χ4v) is 3.59. The molecule has 31 heavy (non-hydrogen) atoms. The molecule has 1 amide bonds. The average molecular weight is 436 g/mol. The Morgan fingerprint density at radius 2 is 1.90 bits per heavy atom. The van der Waals surface area contributed by atoms with Gasteiger partial charge in [0.05, 0.1) is 25.3 Å². The molecule has 2 heterocycles. The van der Waals surface area contributed by atoms with Crippen molar-refractivity contribution in [2.45, 2.75) is 6.54 Å². The lowest BCUT2D eigenvalue weighted by Crippen LogP contribution is -2.23. The van der Waals surface area contributed by atoms with Crippen molar-refractivity contribution in [1.29, 1.82) is 0 Å². The summed E-state index contributed by atoms with van der Waals surface area (Å²) in [7, 11) is 2.71. The van der Waals surface area contributed by atoms with E-state index in [0.29, 0.717) is 27.1 Å². The Balaban J connectivity index is 1.65. The first-order valence-electron chi connectivity index (χ1n) is 9.38. The Morgan fingerprint density at radius 1 is 1.06 bits per heavy atom. The van der Waals surface area contributed by atoms with E-state index < -0.39 is 5.97 Å². The molecule has 156 valence electrons. The first-order valence-corrected chi connectivity index (χ1v) is 9.76. The number of carbonyl (C=O) groups excluding carboxylic acids is 2. The third-order valence-electron chi connectivity index (χ3n) is 4.83. The predicted octanol–water partition coefficient (Wildman–Crippen LogP) is 4.16. The molecule has 4 aromatic rings. The number of methoxy groups -OCH3 is 2. The second-order valence-corrected chi connectivity index (χ2v) is 7.20. The van der Waals surface area contributed by atoms with Gasteiger partial charge in [0.1, 0.15) is 5.56 Å². The maximum Gasteiger partial charge on any atom is 0.343 e. The van der Waals surface area contributed by atoms with Crippen LogP contribution >= 0.6 is 11.6 Å². The van der Waals surface area contributed by atoms with Crippen LogP contribution in [0.2, 0.25) is 5.02 Å². The standard InChI is InChI=1S/C23H18ClN3O4/c1-30-22-18(23(29)31-2)11-15-9-17(24)10-16(20(15)27-22)12-26-21(28)14-5-6-19-13(8-14)4-3-7-25-19/h3-11H,12H2,1-2H3,(H,26,28). The summed E-state index contributed by atoms with van der Waals surface area (Å²) in [5, 5.41) is 4.86. The smallest absolute Gasteiger partial charge is 0.343 e. The number of rotatable bonds is 5. The number of ether oxygens (including phenoxy) is 2. The minimum atomic E-state index is -0.563. The number of fused-ring (bicyclic) bond motifs is 2. The highest BCUT2D eigenvalue weighted by Crippen LogP contribution is 2.28. The molecule has 0 unspecified atom stereocenters. The summed E-state index contributed by atoms with van der Waals surface area (Å²) < 4.78 is 10.1. The van der Waals surface area contributed by atoms with Crippen molar-refractivity contribution in [2.24, 2.45) is 0 Å². The molecule has 0 aliphatic rings. The lowest BCUT2D eigenvalue weighted by atomic mass is 10.1. The first kappa shape index (κ1) is 20.6. The van der Waals surface area contributed by atoms with E-state index in [1.165, 1.54) is 14.2 Å². The molecule has 2 aromatic heterocycles. The van der Waals surface area contributed by atoms with Crippen molar-refractivity contribution in [3.8, 4) is 5.88 Å². The van der Waals surface area contributed by atoms with Crippen LogP contribution in [0.5, 0.6) is 5.88 Å². The number of pyridine rings is 2. The molecule has 0 radical (unpaired) electrons. The van der Waals surface area contributed by atoms with Gasteiger partial charge in [-0.2, -0.15) is 0 Å². The summed E-state index contributed by atoms with van der Waals surface area (Å²) in [6.07, 6.45) is 1.71. The Labute approximate surface area is 183 Å². The van der Waals surface area contributed by atoms with Crippen molar-refractivity contribution in [3.05, 3.63) is 76.4 Å². The Hall–Kier alpha value is -3.71. The average Bonchev–Trinajstić information content (AvgIpc) is 2.80. The summed E-state index contributed by atoms with van der Waals surface area (Å²) in [5.41, 5.74) is 2.78. The number of carbonyl (C=O) groups is 2. The van der Waals surface area contributed by atoms with Crippen LogP contribution in [0.15, 0.2) is 54.7 Å². The van der Waals surface area contributed by atoms with Crippen LogP contribution in [-0.4, -0.2) is 36.1 Å². The lowest BCUT2D eigenvalue weighted by molar-refractivity contribution is 0.0596. The fraction of sp³-hybridized carbons (Fsp3) is 0.130. The number of nitrogens with zero attached hydrogens (tertiary/aromatic N) is 2. The van der Waals surface area contributed by atoms with Gasteiger partial charge in [0.25, 0.3) is 5.91 Å². The van der Waals surface area contributed by atoms with Gasteiger partial charge in [-0.15, -0.1) is 0 Å². The monoisotopic (exact) mass is 435 g/mol. The third kappa shape index (κ3) is 4.13. The number of amides is 1. The maximum atomic E-state index is 12.7. The van der Waals surface area contributed by atoms with E-state index in [4.69, 9.17) is 21.1 Å². The van der Waals surface area contributed by atoms with E-state index in [1.54, 1.807) is 42.6 Å². The molecule has 0 aliphatic heterocycles. The predicted molar refractivity (Wildman–Crippen MR) is 118 cm³/mol. The number of aromatic nitrogens is 2. The SMILES string of the molecule is COC(=O)c1cc2cc(Cl)cc(CNC(=O)c3ccc4ncccc4c3)c2nc1OC. The van der Waals surface area contributed by atoms with Crippen molar-refractivity contribution < 1.29 is 19.1 Å². The van der Waals surface area contributed by atoms with E-state index >= 15 is 0 Å². The summed E-state index contributed by atoms with van der Waals surface area (Å²) in [4.78, 5) is 33.5. The highest BCUT2D eigenvalue weighted by atomic mass is 35.5. The zero-order chi connectivity index (χ0) is 22.0. The topological polar surface area (TPSA) is 90.4 Å². The maximum absolute atomic E-state index is 12.7. The summed E-state index contributed by atoms with van der Waals surface area (Å²) >= 11 is 6.27. The van der Waals surface area contributed by atoms with E-state index in [-0.39, 0.29) is 23.9 Å². The second kappa shape index (κ2) is 8.57. The third-order valence-corrected chi connectivity index (χ3v) is 5.05. The second-order valence-electron chi connectivity index (χ2n) is 6.77. The van der Waals surface area contributed by atoms with Crippen LogP contribution in [0.3, 0.4) is 0 Å². The highest BCUT2D eigenvalue weighted by Gasteiger charge is 2.18. The summed E-state index contributed by atoms with van der Waals surface area (Å²) in [5.74, 6) is -0.667. The number of nitrogens with one attached hydrogen (secondary N) is 1. The molecular weight excluding hydrogens is 418 g/mol. The lowest BCUT2D eigenvalue weighted by Gasteiger charge is -2.12. The minimum Gasteiger partial charge on any atom is -0.480 e. The van der Waals surface area contributed by atoms with Gasteiger partial charge in [0.15, 0.2) is 0 Å². The fourth-order valence-electron chi connectivity index (χ4n) is 3.35. The summed E-state index contributed by atoms with van der Waals surface area (Å²) in [6, 6.07) is 14.1. The molecular formula is C23H18ClN3O4. The summed E-state index contributed by atoms with van der Waals surface area (Å²) in [6.45, 7) is 0.189.